The zero-order valence-corrected chi connectivity index (χ0v) is 23.6. The summed E-state index contributed by atoms with van der Waals surface area (Å²) in [4.78, 5) is 48.3. The largest absolute Gasteiger partial charge is 0.513 e. The standard InChI is InChI=1S/C27H41NO11/c1-7-12-34-26(31)38-22-10-9-20(16-23(22)39-27(32)35-13-8-2)15-21(24(29)33-6)28-17-19(5)37-25(30)36-14-11-18(3)4/h9-10,16,18-19,21,28H,7-8,11-15,17H2,1-6H3/t19?,21-/m0/s1. The first-order valence-electron chi connectivity index (χ1n) is 13.1. The van der Waals surface area contributed by atoms with Crippen LogP contribution in [0.3, 0.4) is 0 Å². The number of hydrogen-bond acceptors (Lipinski definition) is 12. The molecule has 0 saturated heterocycles. The fraction of sp³-hybridized carbons (Fsp3) is 0.630. The average molecular weight is 556 g/mol. The Balaban J connectivity index is 2.93. The van der Waals surface area contributed by atoms with Gasteiger partial charge < -0.3 is 38.5 Å². The molecule has 0 fully saturated rings. The molecule has 0 saturated carbocycles. The second-order valence-corrected chi connectivity index (χ2v) is 9.08. The van der Waals surface area contributed by atoms with Crippen LogP contribution in [0.1, 0.15) is 59.4 Å². The topological polar surface area (TPSA) is 145 Å². The molecular weight excluding hydrogens is 514 g/mol. The molecule has 0 heterocycles. The van der Waals surface area contributed by atoms with E-state index < -0.39 is 36.6 Å². The van der Waals surface area contributed by atoms with Crippen LogP contribution in [0.2, 0.25) is 0 Å². The van der Waals surface area contributed by atoms with Crippen molar-refractivity contribution in [2.24, 2.45) is 5.92 Å². The predicted molar refractivity (Wildman–Crippen MR) is 140 cm³/mol. The zero-order valence-electron chi connectivity index (χ0n) is 23.6. The Kier molecular flexibility index (Phi) is 16.0. The van der Waals surface area contributed by atoms with E-state index in [9.17, 15) is 19.2 Å². The highest BCUT2D eigenvalue weighted by Crippen LogP contribution is 2.30. The van der Waals surface area contributed by atoms with Crippen LogP contribution < -0.4 is 14.8 Å². The molecule has 0 aliphatic carbocycles. The first-order chi connectivity index (χ1) is 18.6. The molecule has 0 aromatic heterocycles. The van der Waals surface area contributed by atoms with Crippen molar-refractivity contribution in [3.63, 3.8) is 0 Å². The monoisotopic (exact) mass is 555 g/mol. The highest BCUT2D eigenvalue weighted by Gasteiger charge is 2.23. The predicted octanol–water partition coefficient (Wildman–Crippen LogP) is 4.80. The fourth-order valence-corrected chi connectivity index (χ4v) is 3.00. The average Bonchev–Trinajstić information content (AvgIpc) is 2.89. The van der Waals surface area contributed by atoms with E-state index in [0.29, 0.717) is 24.3 Å². The number of nitrogens with one attached hydrogen (secondary N) is 1. The Morgan fingerprint density at radius 3 is 1.97 bits per heavy atom. The molecule has 220 valence electrons. The van der Waals surface area contributed by atoms with Crippen molar-refractivity contribution in [2.45, 2.75) is 72.4 Å². The molecule has 1 N–H and O–H groups in total. The second-order valence-electron chi connectivity index (χ2n) is 9.08. The van der Waals surface area contributed by atoms with Crippen molar-refractivity contribution in [3.8, 4) is 11.5 Å². The molecule has 39 heavy (non-hydrogen) atoms. The van der Waals surface area contributed by atoms with Crippen LogP contribution in [-0.4, -0.2) is 70.1 Å². The number of hydrogen-bond donors (Lipinski definition) is 1. The van der Waals surface area contributed by atoms with Gasteiger partial charge in [-0.15, -0.1) is 0 Å². The lowest BCUT2D eigenvalue weighted by molar-refractivity contribution is -0.143. The molecule has 1 aromatic rings. The molecule has 0 spiro atoms. The lowest BCUT2D eigenvalue weighted by atomic mass is 10.0. The number of carbonyl (C=O) groups is 4. The Hall–Kier alpha value is -3.54. The highest BCUT2D eigenvalue weighted by atomic mass is 16.7. The Morgan fingerprint density at radius 2 is 1.41 bits per heavy atom. The van der Waals surface area contributed by atoms with Gasteiger partial charge in [0.2, 0.25) is 0 Å². The van der Waals surface area contributed by atoms with E-state index in [1.165, 1.54) is 19.2 Å². The van der Waals surface area contributed by atoms with E-state index >= 15 is 0 Å². The molecule has 0 radical (unpaired) electrons. The molecule has 2 atom stereocenters. The third-order valence-corrected chi connectivity index (χ3v) is 5.03. The van der Waals surface area contributed by atoms with Crippen LogP contribution in [0, 0.1) is 5.92 Å². The number of ether oxygens (including phenoxy) is 7. The van der Waals surface area contributed by atoms with Crippen molar-refractivity contribution >= 4 is 24.4 Å². The maximum absolute atomic E-state index is 12.4. The molecule has 0 bridgehead atoms. The summed E-state index contributed by atoms with van der Waals surface area (Å²) in [5.74, 6) is -0.323. The molecule has 12 heteroatoms. The molecule has 0 aliphatic rings. The molecule has 1 aromatic carbocycles. The van der Waals surface area contributed by atoms with Crippen molar-refractivity contribution in [2.75, 3.05) is 33.5 Å². The van der Waals surface area contributed by atoms with Crippen molar-refractivity contribution in [1.29, 1.82) is 0 Å². The van der Waals surface area contributed by atoms with Gasteiger partial charge in [-0.25, -0.2) is 14.4 Å². The number of benzene rings is 1. The van der Waals surface area contributed by atoms with E-state index in [2.05, 4.69) is 5.32 Å². The second kappa shape index (κ2) is 18.7. The molecule has 0 aliphatic heterocycles. The van der Waals surface area contributed by atoms with Gasteiger partial charge in [0.1, 0.15) is 12.1 Å². The maximum Gasteiger partial charge on any atom is 0.513 e. The molecule has 1 unspecified atom stereocenters. The number of rotatable bonds is 16. The van der Waals surface area contributed by atoms with E-state index in [0.717, 1.165) is 6.42 Å². The van der Waals surface area contributed by atoms with Gasteiger partial charge in [-0.2, -0.15) is 0 Å². The Bertz CT molecular complexity index is 919. The Labute approximate surface area is 229 Å². The fourth-order valence-electron chi connectivity index (χ4n) is 3.00. The lowest BCUT2D eigenvalue weighted by Crippen LogP contribution is -2.43. The van der Waals surface area contributed by atoms with Gasteiger partial charge in [0.15, 0.2) is 11.5 Å². The van der Waals surface area contributed by atoms with Gasteiger partial charge in [0.05, 0.1) is 26.9 Å². The van der Waals surface area contributed by atoms with E-state index in [1.54, 1.807) is 13.0 Å². The minimum atomic E-state index is -0.977. The first-order valence-corrected chi connectivity index (χ1v) is 13.1. The van der Waals surface area contributed by atoms with Crippen LogP contribution in [-0.2, 0) is 34.9 Å². The highest BCUT2D eigenvalue weighted by molar-refractivity contribution is 5.76. The summed E-state index contributed by atoms with van der Waals surface area (Å²) in [6, 6.07) is 3.62. The van der Waals surface area contributed by atoms with Gasteiger partial charge in [-0.05, 0) is 56.2 Å². The summed E-state index contributed by atoms with van der Waals surface area (Å²) in [5, 5.41) is 3.01. The van der Waals surface area contributed by atoms with Crippen molar-refractivity contribution in [1.82, 2.24) is 5.32 Å². The number of methoxy groups -OCH3 is 1. The molecular formula is C27H41NO11. The summed E-state index contributed by atoms with van der Waals surface area (Å²) in [5.41, 5.74) is 0.548. The third kappa shape index (κ3) is 14.3. The smallest absolute Gasteiger partial charge is 0.468 e. The first kappa shape index (κ1) is 33.5. The molecule has 0 amide bonds. The van der Waals surface area contributed by atoms with Gasteiger partial charge in [0, 0.05) is 6.54 Å². The SMILES string of the molecule is CCCOC(=O)Oc1ccc(C[C@H](NCC(C)OC(=O)OCCC(C)C)C(=O)OC)cc1OC(=O)OCCC. The normalized spacial score (nSPS) is 12.2. The van der Waals surface area contributed by atoms with Gasteiger partial charge in [-0.1, -0.05) is 33.8 Å². The maximum atomic E-state index is 12.4. The number of carbonyl (C=O) groups excluding carboxylic acids is 4. The summed E-state index contributed by atoms with van der Waals surface area (Å²) in [6.07, 6.45) is -1.29. The number of esters is 1. The summed E-state index contributed by atoms with van der Waals surface area (Å²) in [7, 11) is 1.25. The Morgan fingerprint density at radius 1 is 0.821 bits per heavy atom. The van der Waals surface area contributed by atoms with Crippen LogP contribution >= 0.6 is 0 Å². The summed E-state index contributed by atoms with van der Waals surface area (Å²) < 4.78 is 35.5. The molecule has 1 rings (SSSR count). The van der Waals surface area contributed by atoms with Gasteiger partial charge >= 0.3 is 24.4 Å². The summed E-state index contributed by atoms with van der Waals surface area (Å²) >= 11 is 0. The minimum Gasteiger partial charge on any atom is -0.468 e. The molecule has 12 nitrogen and oxygen atoms in total. The van der Waals surface area contributed by atoms with E-state index in [4.69, 9.17) is 33.2 Å². The van der Waals surface area contributed by atoms with Crippen LogP contribution in [0.5, 0.6) is 11.5 Å². The zero-order chi connectivity index (χ0) is 29.2. The lowest BCUT2D eigenvalue weighted by Gasteiger charge is -2.20. The van der Waals surface area contributed by atoms with Crippen LogP contribution in [0.4, 0.5) is 14.4 Å². The van der Waals surface area contributed by atoms with Crippen LogP contribution in [0.15, 0.2) is 18.2 Å². The third-order valence-electron chi connectivity index (χ3n) is 5.03. The van der Waals surface area contributed by atoms with E-state index in [-0.39, 0.29) is 44.3 Å². The van der Waals surface area contributed by atoms with Crippen molar-refractivity contribution in [3.05, 3.63) is 23.8 Å². The minimum absolute atomic E-state index is 0.0612. The van der Waals surface area contributed by atoms with E-state index in [1.807, 2.05) is 27.7 Å². The van der Waals surface area contributed by atoms with Crippen LogP contribution in [0.25, 0.3) is 0 Å². The van der Waals surface area contributed by atoms with Crippen molar-refractivity contribution < 1.29 is 52.3 Å². The quantitative estimate of drug-likeness (QED) is 0.170. The van der Waals surface area contributed by atoms with Gasteiger partial charge in [0.25, 0.3) is 0 Å². The summed E-state index contributed by atoms with van der Waals surface area (Å²) in [6.45, 7) is 10.1. The van der Waals surface area contributed by atoms with Gasteiger partial charge in [-0.3, -0.25) is 4.79 Å².